The fourth-order valence-electron chi connectivity index (χ4n) is 1.82. The molecule has 0 bridgehead atoms. The summed E-state index contributed by atoms with van der Waals surface area (Å²) in [6.07, 6.45) is 3.03. The molecule has 2 heterocycles. The summed E-state index contributed by atoms with van der Waals surface area (Å²) in [6.45, 7) is 0. The molecule has 102 valence electrons. The average Bonchev–Trinajstić information content (AvgIpc) is 3.02. The largest absolute Gasteiger partial charge is 0.339 e. The molecule has 4 heteroatoms. The van der Waals surface area contributed by atoms with Crippen LogP contribution in [0.25, 0.3) is 11.4 Å². The minimum atomic E-state index is 0.601. The van der Waals surface area contributed by atoms with Crippen LogP contribution < -0.4 is 0 Å². The lowest BCUT2D eigenvalue weighted by Gasteiger charge is -1.90. The van der Waals surface area contributed by atoms with Crippen molar-refractivity contribution >= 4 is 0 Å². The van der Waals surface area contributed by atoms with E-state index in [0.29, 0.717) is 24.6 Å². The molecule has 0 aliphatic rings. The molecule has 0 aliphatic carbocycles. The maximum Gasteiger partial charge on any atom is 0.227 e. The van der Waals surface area contributed by atoms with Crippen LogP contribution in [0, 0.1) is 11.8 Å². The van der Waals surface area contributed by atoms with E-state index < -0.39 is 0 Å². The van der Waals surface area contributed by atoms with Crippen molar-refractivity contribution in [3.05, 3.63) is 66.3 Å². The first-order valence-corrected chi connectivity index (χ1v) is 6.70. The topological polar surface area (TPSA) is 51.8 Å². The van der Waals surface area contributed by atoms with E-state index in [1.54, 1.807) is 6.20 Å². The third kappa shape index (κ3) is 3.54. The molecule has 0 N–H and O–H groups in total. The number of aryl methyl sites for hydroxylation is 1. The van der Waals surface area contributed by atoms with E-state index in [-0.39, 0.29) is 0 Å². The lowest BCUT2D eigenvalue weighted by atomic mass is 10.2. The average molecular weight is 275 g/mol. The van der Waals surface area contributed by atoms with Crippen LogP contribution in [0.5, 0.6) is 0 Å². The summed E-state index contributed by atoms with van der Waals surface area (Å²) < 4.78 is 5.23. The summed E-state index contributed by atoms with van der Waals surface area (Å²) in [5.41, 5.74) is 1.72. The molecule has 0 fully saturated rings. The van der Waals surface area contributed by atoms with Gasteiger partial charge >= 0.3 is 0 Å². The van der Waals surface area contributed by atoms with Crippen molar-refractivity contribution in [3.8, 4) is 23.2 Å². The predicted octanol–water partition coefficient (Wildman–Crippen LogP) is 3.12. The predicted molar refractivity (Wildman–Crippen MR) is 79.2 cm³/mol. The number of hydrogen-bond acceptors (Lipinski definition) is 4. The summed E-state index contributed by atoms with van der Waals surface area (Å²) >= 11 is 0. The Labute approximate surface area is 122 Å². The quantitative estimate of drug-likeness (QED) is 0.689. The summed E-state index contributed by atoms with van der Waals surface area (Å²) in [5.74, 6) is 7.28. The van der Waals surface area contributed by atoms with Crippen molar-refractivity contribution in [1.29, 1.82) is 0 Å². The van der Waals surface area contributed by atoms with E-state index >= 15 is 0 Å². The second kappa shape index (κ2) is 6.49. The van der Waals surface area contributed by atoms with Crippen molar-refractivity contribution in [2.45, 2.75) is 12.8 Å². The second-order valence-corrected chi connectivity index (χ2v) is 4.39. The molecule has 0 spiro atoms. The Bertz CT molecular complexity index is 755. The standard InChI is InChI=1S/C17H13N3O/c1-2-8-14(9-3-1)17-19-16(21-20-17)12-5-4-10-15-11-6-7-13-18-15/h1-3,6-9,11,13H,5,12H2. The van der Waals surface area contributed by atoms with Crippen LogP contribution in [0.15, 0.2) is 59.3 Å². The fourth-order valence-corrected chi connectivity index (χ4v) is 1.82. The molecule has 3 aromatic rings. The number of nitrogens with zero attached hydrogens (tertiary/aromatic N) is 3. The third-order valence-corrected chi connectivity index (χ3v) is 2.85. The summed E-state index contributed by atoms with van der Waals surface area (Å²) in [5, 5.41) is 3.98. The molecule has 0 unspecified atom stereocenters. The molecule has 4 nitrogen and oxygen atoms in total. The van der Waals surface area contributed by atoms with E-state index in [4.69, 9.17) is 4.52 Å². The molecule has 3 rings (SSSR count). The van der Waals surface area contributed by atoms with E-state index in [1.807, 2.05) is 48.5 Å². The number of aromatic nitrogens is 3. The van der Waals surface area contributed by atoms with Crippen molar-refractivity contribution in [1.82, 2.24) is 15.1 Å². The Morgan fingerprint density at radius 3 is 2.67 bits per heavy atom. The zero-order chi connectivity index (χ0) is 14.3. The van der Waals surface area contributed by atoms with Crippen LogP contribution in [0.1, 0.15) is 18.0 Å². The van der Waals surface area contributed by atoms with Gasteiger partial charge in [-0.05, 0) is 18.1 Å². The van der Waals surface area contributed by atoms with Crippen LogP contribution >= 0.6 is 0 Å². The van der Waals surface area contributed by atoms with Crippen molar-refractivity contribution < 1.29 is 4.52 Å². The molecule has 0 atom stereocenters. The number of pyridine rings is 1. The number of benzene rings is 1. The molecule has 0 amide bonds. The Balaban J connectivity index is 1.60. The minimum Gasteiger partial charge on any atom is -0.339 e. The molecule has 1 aromatic carbocycles. The molecule has 2 aromatic heterocycles. The Morgan fingerprint density at radius 1 is 1.00 bits per heavy atom. The Hall–Kier alpha value is -2.93. The van der Waals surface area contributed by atoms with Crippen LogP contribution in [-0.2, 0) is 6.42 Å². The second-order valence-electron chi connectivity index (χ2n) is 4.39. The van der Waals surface area contributed by atoms with Gasteiger partial charge in [0, 0.05) is 24.6 Å². The van der Waals surface area contributed by atoms with Crippen molar-refractivity contribution in [3.63, 3.8) is 0 Å². The summed E-state index contributed by atoms with van der Waals surface area (Å²) in [6, 6.07) is 15.4. The van der Waals surface area contributed by atoms with Gasteiger partial charge in [0.25, 0.3) is 0 Å². The molecule has 0 radical (unpaired) electrons. The lowest BCUT2D eigenvalue weighted by Crippen LogP contribution is -1.85. The summed E-state index contributed by atoms with van der Waals surface area (Å²) in [7, 11) is 0. The van der Waals surface area contributed by atoms with E-state index in [0.717, 1.165) is 11.3 Å². The molecular formula is C17H13N3O. The van der Waals surface area contributed by atoms with Crippen LogP contribution in [-0.4, -0.2) is 15.1 Å². The highest BCUT2D eigenvalue weighted by Crippen LogP contribution is 2.15. The van der Waals surface area contributed by atoms with Gasteiger partial charge in [0.05, 0.1) is 0 Å². The van der Waals surface area contributed by atoms with Gasteiger partial charge in [-0.2, -0.15) is 4.98 Å². The monoisotopic (exact) mass is 275 g/mol. The van der Waals surface area contributed by atoms with Gasteiger partial charge in [-0.15, -0.1) is 0 Å². The Kier molecular flexibility index (Phi) is 4.04. The first-order valence-electron chi connectivity index (χ1n) is 6.70. The maximum atomic E-state index is 5.23. The van der Waals surface area contributed by atoms with Gasteiger partial charge < -0.3 is 4.52 Å². The fraction of sp³-hybridized carbons (Fsp3) is 0.118. The first-order chi connectivity index (χ1) is 10.4. The zero-order valence-corrected chi connectivity index (χ0v) is 11.4. The van der Waals surface area contributed by atoms with Crippen LogP contribution in [0.2, 0.25) is 0 Å². The first kappa shape index (κ1) is 13.1. The smallest absolute Gasteiger partial charge is 0.227 e. The van der Waals surface area contributed by atoms with Crippen LogP contribution in [0.3, 0.4) is 0 Å². The third-order valence-electron chi connectivity index (χ3n) is 2.85. The van der Waals surface area contributed by atoms with Gasteiger partial charge in [-0.1, -0.05) is 47.5 Å². The SMILES string of the molecule is C(#Cc1ccccn1)CCc1nc(-c2ccccc2)no1. The molecule has 21 heavy (non-hydrogen) atoms. The van der Waals surface area contributed by atoms with Crippen molar-refractivity contribution in [2.24, 2.45) is 0 Å². The Morgan fingerprint density at radius 2 is 1.86 bits per heavy atom. The molecule has 0 saturated carbocycles. The van der Waals surface area contributed by atoms with E-state index in [9.17, 15) is 0 Å². The molecule has 0 saturated heterocycles. The maximum absolute atomic E-state index is 5.23. The van der Waals surface area contributed by atoms with E-state index in [2.05, 4.69) is 27.0 Å². The van der Waals surface area contributed by atoms with Crippen molar-refractivity contribution in [2.75, 3.05) is 0 Å². The lowest BCUT2D eigenvalue weighted by molar-refractivity contribution is 0.380. The van der Waals surface area contributed by atoms with Gasteiger partial charge in [0.2, 0.25) is 11.7 Å². The zero-order valence-electron chi connectivity index (χ0n) is 11.4. The van der Waals surface area contributed by atoms with Gasteiger partial charge in [-0.25, -0.2) is 4.98 Å². The molecular weight excluding hydrogens is 262 g/mol. The normalized spacial score (nSPS) is 9.90. The number of rotatable bonds is 3. The van der Waals surface area contributed by atoms with Gasteiger partial charge in [0.1, 0.15) is 5.69 Å². The van der Waals surface area contributed by atoms with Crippen LogP contribution in [0.4, 0.5) is 0 Å². The minimum absolute atomic E-state index is 0.601. The van der Waals surface area contributed by atoms with E-state index in [1.165, 1.54) is 0 Å². The molecule has 0 aliphatic heterocycles. The number of hydrogen-bond donors (Lipinski definition) is 0. The highest BCUT2D eigenvalue weighted by molar-refractivity contribution is 5.53. The highest BCUT2D eigenvalue weighted by atomic mass is 16.5. The highest BCUT2D eigenvalue weighted by Gasteiger charge is 2.06. The van der Waals surface area contributed by atoms with Gasteiger partial charge in [-0.3, -0.25) is 0 Å². The summed E-state index contributed by atoms with van der Waals surface area (Å²) in [4.78, 5) is 8.51. The van der Waals surface area contributed by atoms with Gasteiger partial charge in [0.15, 0.2) is 0 Å².